The molecule has 14 aromatic carbocycles. The average Bonchev–Trinajstić information content (AvgIpc) is 1.71. The van der Waals surface area contributed by atoms with E-state index in [9.17, 15) is 101 Å². The molecular weight excluding hydrogens is 1930 g/mol. The molecule has 0 atom stereocenters. The minimum Gasteiger partial charge on any atom is -0.462 e. The summed E-state index contributed by atoms with van der Waals surface area (Å²) in [6.45, 7) is -0.220. The Morgan fingerprint density at radius 3 is 0.879 bits per heavy atom. The molecule has 6 aliphatic heterocycles. The second-order valence-corrected chi connectivity index (χ2v) is 32.5. The maximum atomic E-state index is 13.4. The van der Waals surface area contributed by atoms with Gasteiger partial charge in [-0.3, -0.25) is 4.79 Å². The maximum Gasteiger partial charge on any atom is 0.346 e. The summed E-state index contributed by atoms with van der Waals surface area (Å²) in [7, 11) is 0. The molecule has 726 valence electrons. The van der Waals surface area contributed by atoms with Gasteiger partial charge in [-0.25, -0.2) is 95.9 Å². The van der Waals surface area contributed by atoms with E-state index in [-0.39, 0.29) is 177 Å². The zero-order valence-electron chi connectivity index (χ0n) is 76.2. The summed E-state index contributed by atoms with van der Waals surface area (Å²) < 4.78 is 71.0. The Morgan fingerprint density at radius 1 is 0.208 bits per heavy atom. The van der Waals surface area contributed by atoms with E-state index in [1.165, 1.54) is 121 Å². The SMILES string of the molecule is O=C(Cc1cc(OC(=O)c2ccc3c(c2)C(=O)OC3=O)cc(C(=O)OCc2ccc(C#Cc3ccc(C#Cc4ccccc4)cc3)cc2)c1)c1ccc2c(c1)C(=O)OC2=O.O=C(OCc1ccccc1)c1cc(OC(=O)c2ccc3c(c2)C(=O)OC3=O)cc(OC(=O)c2ccc3c(c2)C(=O)OC3=O)c1.O=C(Oc1ccc(OC(=O)c2ccc3c(c2)C(=O)OC3=O)c(C(=O)OCCc2ccccc2)c1)c1ccc2c(c1)C(=O)OC2=O. The lowest BCUT2D eigenvalue weighted by molar-refractivity contribution is 0.0425. The number of carbonyl (C=O) groups is 21. The van der Waals surface area contributed by atoms with Gasteiger partial charge < -0.3 is 66.3 Å². The molecule has 6 heterocycles. The summed E-state index contributed by atoms with van der Waals surface area (Å²) >= 11 is 0. The lowest BCUT2D eigenvalue weighted by Crippen LogP contribution is -2.15. The van der Waals surface area contributed by atoms with E-state index in [1.807, 2.05) is 84.9 Å². The Hall–Kier alpha value is -21.5. The summed E-state index contributed by atoms with van der Waals surface area (Å²) in [4.78, 5) is 261. The number of Topliss-reactive ketones (excluding diaryl/α,β-unsaturated/α-hetero) is 1. The van der Waals surface area contributed by atoms with Gasteiger partial charge in [0.1, 0.15) is 47.5 Å². The quantitative estimate of drug-likeness (QED) is 0.0143. The molecule has 0 amide bonds. The first kappa shape index (κ1) is 97.7. The molecule has 6 aliphatic rings. The zero-order valence-corrected chi connectivity index (χ0v) is 76.2. The number of hydrogen-bond donors (Lipinski definition) is 0. The van der Waals surface area contributed by atoms with Crippen molar-refractivity contribution < 1.29 is 167 Å². The monoisotopic (exact) mass is 1990 g/mol. The number of cyclic esters (lactones) is 12. The number of esters is 20. The number of ketones is 1. The highest BCUT2D eigenvalue weighted by atomic mass is 16.6. The fraction of sp³-hybridized carbons (Fsp3) is 0.0439. The standard InChI is InChI=1S/C49H26O11.C33H18O12.C32H16O12/c50-43(35-18-20-39-41(26-35)48(55)59-46(39)53)24-34-22-37(25-38(23-34)58-45(52)36-19-21-40-42(27-36)49(56)60-47(40)54)44(51)57-28-33-16-14-32(15-17-33)13-12-31-10-8-30(9-11-31)7-6-29-4-2-1-3-5-29;34-27(18-6-9-21-23(14-18)32(39)44-30(21)37)42-20-8-11-26(25(16-20)29(36)41-13-12-17-4-2-1-3-5-17)43-28(35)19-7-10-22-24(15-19)33(40)45-31(22)38;33-26(40-15-16-4-2-1-3-5-16)19-10-20(41-27(34)17-6-8-22-24(12-17)31(38)43-29(22)36)14-21(11-19)42-28(35)18-7-9-23-25(13-18)32(39)44-30(23)37/h1-5,8-11,14-23,25-27H,24,28H2;1-11,14-16H,12-13H2;1-14H,15H2. The van der Waals surface area contributed by atoms with Crippen LogP contribution in [-0.2, 0) is 68.7 Å². The molecule has 0 aromatic heterocycles. The third kappa shape index (κ3) is 22.4. The molecule has 0 spiro atoms. The molecule has 20 rings (SSSR count). The van der Waals surface area contributed by atoms with Gasteiger partial charge in [-0.2, -0.15) is 0 Å². The number of rotatable bonds is 23. The molecule has 0 unspecified atom stereocenters. The van der Waals surface area contributed by atoms with E-state index >= 15 is 0 Å². The number of carbonyl (C=O) groups excluding carboxylic acids is 21. The molecule has 14 aromatic rings. The van der Waals surface area contributed by atoms with Crippen LogP contribution in [0.4, 0.5) is 0 Å². The van der Waals surface area contributed by atoms with E-state index in [2.05, 4.69) is 52.1 Å². The second kappa shape index (κ2) is 42.5. The zero-order chi connectivity index (χ0) is 104. The molecular formula is C114H60O35. The van der Waals surface area contributed by atoms with Crippen LogP contribution in [-0.4, -0.2) is 132 Å². The van der Waals surface area contributed by atoms with Gasteiger partial charge in [0.15, 0.2) is 5.78 Å². The highest BCUT2D eigenvalue weighted by Crippen LogP contribution is 2.35. The van der Waals surface area contributed by atoms with Crippen molar-refractivity contribution in [3.63, 3.8) is 0 Å². The summed E-state index contributed by atoms with van der Waals surface area (Å²) in [6.07, 6.45) is 0.0822. The second-order valence-electron chi connectivity index (χ2n) is 32.5. The Labute approximate surface area is 837 Å². The lowest BCUT2D eigenvalue weighted by atomic mass is 9.98. The Balaban J connectivity index is 0.000000149. The Bertz CT molecular complexity index is 8140. The predicted octanol–water partition coefficient (Wildman–Crippen LogP) is 15.4. The van der Waals surface area contributed by atoms with Crippen molar-refractivity contribution in [2.24, 2.45) is 0 Å². The molecule has 35 heteroatoms. The van der Waals surface area contributed by atoms with Crippen molar-refractivity contribution in [1.29, 1.82) is 0 Å². The fourth-order valence-electron chi connectivity index (χ4n) is 15.2. The summed E-state index contributed by atoms with van der Waals surface area (Å²) in [5, 5.41) is 0. The third-order valence-corrected chi connectivity index (χ3v) is 22.6. The summed E-state index contributed by atoms with van der Waals surface area (Å²) in [6, 6.07) is 75.9. The van der Waals surface area contributed by atoms with Crippen molar-refractivity contribution in [1.82, 2.24) is 0 Å². The van der Waals surface area contributed by atoms with Crippen LogP contribution in [0.1, 0.15) is 262 Å². The van der Waals surface area contributed by atoms with Gasteiger partial charge >= 0.3 is 119 Å². The molecule has 0 saturated carbocycles. The molecule has 0 fully saturated rings. The van der Waals surface area contributed by atoms with Crippen LogP contribution in [0.3, 0.4) is 0 Å². The van der Waals surface area contributed by atoms with Gasteiger partial charge in [0, 0.05) is 46.7 Å². The molecule has 0 N–H and O–H groups in total. The fourth-order valence-corrected chi connectivity index (χ4v) is 15.2. The van der Waals surface area contributed by atoms with Gasteiger partial charge in [0.25, 0.3) is 0 Å². The van der Waals surface area contributed by atoms with Gasteiger partial charge in [0.05, 0.1) is 112 Å². The van der Waals surface area contributed by atoms with E-state index in [0.29, 0.717) is 17.5 Å². The lowest BCUT2D eigenvalue weighted by Gasteiger charge is -2.13. The first-order valence-corrected chi connectivity index (χ1v) is 44.3. The normalized spacial score (nSPS) is 12.6. The van der Waals surface area contributed by atoms with E-state index < -0.39 is 125 Å². The summed E-state index contributed by atoms with van der Waals surface area (Å²) in [5.74, 6) is -6.62. The van der Waals surface area contributed by atoms with Gasteiger partial charge in [-0.05, 0) is 222 Å². The summed E-state index contributed by atoms with van der Waals surface area (Å²) in [5.41, 5.74) is 4.51. The minimum absolute atomic E-state index is 0.000923. The van der Waals surface area contributed by atoms with Crippen LogP contribution in [0.5, 0.6) is 28.7 Å². The first-order valence-electron chi connectivity index (χ1n) is 44.3. The van der Waals surface area contributed by atoms with Crippen LogP contribution in [0, 0.1) is 23.7 Å². The van der Waals surface area contributed by atoms with Crippen molar-refractivity contribution in [3.8, 4) is 52.4 Å². The van der Waals surface area contributed by atoms with E-state index in [4.69, 9.17) is 37.9 Å². The van der Waals surface area contributed by atoms with Crippen LogP contribution >= 0.6 is 0 Å². The van der Waals surface area contributed by atoms with E-state index in [0.717, 1.165) is 70.3 Å². The molecule has 0 saturated heterocycles. The Kier molecular flexibility index (Phi) is 27.9. The smallest absolute Gasteiger partial charge is 0.346 e. The van der Waals surface area contributed by atoms with Crippen molar-refractivity contribution >= 4 is 125 Å². The van der Waals surface area contributed by atoms with Crippen LogP contribution < -0.4 is 23.7 Å². The van der Waals surface area contributed by atoms with Crippen molar-refractivity contribution in [3.05, 3.63) is 465 Å². The van der Waals surface area contributed by atoms with Crippen LogP contribution in [0.25, 0.3) is 0 Å². The highest BCUT2D eigenvalue weighted by molar-refractivity contribution is 6.20. The van der Waals surface area contributed by atoms with Crippen LogP contribution in [0.15, 0.2) is 303 Å². The largest absolute Gasteiger partial charge is 0.462 e. The van der Waals surface area contributed by atoms with Gasteiger partial charge in [-0.1, -0.05) is 121 Å². The number of fused-ring (bicyclic) bond motifs is 6. The maximum absolute atomic E-state index is 13.4. The first-order chi connectivity index (χ1) is 71.9. The predicted molar refractivity (Wildman–Crippen MR) is 506 cm³/mol. The highest BCUT2D eigenvalue weighted by Gasteiger charge is 2.38. The molecule has 0 radical (unpaired) electrons. The average molecular weight is 1990 g/mol. The molecule has 149 heavy (non-hydrogen) atoms. The number of ether oxygens (including phenoxy) is 14. The topological polar surface area (TPSA) is 488 Å². The molecule has 0 aliphatic carbocycles. The van der Waals surface area contributed by atoms with Gasteiger partial charge in [-0.15, -0.1) is 0 Å². The van der Waals surface area contributed by atoms with E-state index in [1.54, 1.807) is 54.6 Å². The molecule has 35 nitrogen and oxygen atoms in total. The Morgan fingerprint density at radius 2 is 0.503 bits per heavy atom. The minimum atomic E-state index is -0.965. The number of hydrogen-bond acceptors (Lipinski definition) is 35. The van der Waals surface area contributed by atoms with Gasteiger partial charge in [0.2, 0.25) is 0 Å². The third-order valence-electron chi connectivity index (χ3n) is 22.6. The number of benzene rings is 14. The van der Waals surface area contributed by atoms with Crippen LogP contribution in [0.2, 0.25) is 0 Å². The molecule has 0 bridgehead atoms. The van der Waals surface area contributed by atoms with Crippen molar-refractivity contribution in [2.75, 3.05) is 6.61 Å². The van der Waals surface area contributed by atoms with Crippen molar-refractivity contribution in [2.45, 2.75) is 26.1 Å².